The Hall–Kier alpha value is -5.07. The molecule has 13 heteroatoms. The first-order valence-corrected chi connectivity index (χ1v) is 15.2. The molecule has 2 aromatic heterocycles. The lowest BCUT2D eigenvalue weighted by atomic mass is 9.90. The maximum absolute atomic E-state index is 13.9. The number of piperidine rings is 1. The van der Waals surface area contributed by atoms with E-state index in [4.69, 9.17) is 10.2 Å². The van der Waals surface area contributed by atoms with Crippen LogP contribution in [0.2, 0.25) is 0 Å². The number of alkyl halides is 3. The molecule has 0 radical (unpaired) electrons. The van der Waals surface area contributed by atoms with E-state index in [0.29, 0.717) is 56.7 Å². The summed E-state index contributed by atoms with van der Waals surface area (Å²) in [6.45, 7) is 3.01. The van der Waals surface area contributed by atoms with Crippen LogP contribution in [0, 0.1) is 0 Å². The second-order valence-corrected chi connectivity index (χ2v) is 11.4. The molecule has 4 heterocycles. The molecular weight excluding hydrogens is 599 g/mol. The van der Waals surface area contributed by atoms with E-state index in [-0.39, 0.29) is 24.0 Å². The lowest BCUT2D eigenvalue weighted by Gasteiger charge is -2.35. The molecule has 6 rings (SSSR count). The van der Waals surface area contributed by atoms with E-state index < -0.39 is 23.5 Å². The van der Waals surface area contributed by atoms with Crippen LogP contribution in [0.4, 0.5) is 36.4 Å². The van der Waals surface area contributed by atoms with Crippen molar-refractivity contribution in [1.82, 2.24) is 14.9 Å². The molecule has 2 aromatic carbocycles. The van der Waals surface area contributed by atoms with Gasteiger partial charge in [-0.15, -0.1) is 0 Å². The summed E-state index contributed by atoms with van der Waals surface area (Å²) >= 11 is 0. The molecule has 10 nitrogen and oxygen atoms in total. The summed E-state index contributed by atoms with van der Waals surface area (Å²) in [5.74, 6) is -1.05. The smallest absolute Gasteiger partial charge is 0.417 e. The summed E-state index contributed by atoms with van der Waals surface area (Å²) in [7, 11) is 0. The van der Waals surface area contributed by atoms with Crippen LogP contribution >= 0.6 is 0 Å². The number of carbonyl (C=O) groups excluding carboxylic acids is 2. The number of benzene rings is 2. The van der Waals surface area contributed by atoms with Gasteiger partial charge in [0.15, 0.2) is 5.69 Å². The second-order valence-electron chi connectivity index (χ2n) is 11.4. The first-order chi connectivity index (χ1) is 22.2. The number of amides is 2. The molecule has 2 aliphatic heterocycles. The number of halogens is 3. The van der Waals surface area contributed by atoms with Crippen molar-refractivity contribution in [3.8, 4) is 0 Å². The molecule has 0 bridgehead atoms. The van der Waals surface area contributed by atoms with Crippen LogP contribution in [0.25, 0.3) is 0 Å². The Bertz CT molecular complexity index is 1660. The topological polar surface area (TPSA) is 121 Å². The summed E-state index contributed by atoms with van der Waals surface area (Å²) < 4.78 is 47.2. The van der Waals surface area contributed by atoms with Gasteiger partial charge in [-0.25, -0.2) is 4.98 Å². The van der Waals surface area contributed by atoms with E-state index in [9.17, 15) is 22.8 Å². The van der Waals surface area contributed by atoms with Gasteiger partial charge in [-0.3, -0.25) is 9.59 Å². The fourth-order valence-electron chi connectivity index (χ4n) is 5.91. The number of anilines is 4. The molecular formula is C33H34F3N7O3. The molecule has 3 N–H and O–H groups in total. The van der Waals surface area contributed by atoms with Gasteiger partial charge in [-0.05, 0) is 48.1 Å². The van der Waals surface area contributed by atoms with Crippen molar-refractivity contribution in [3.05, 3.63) is 95.5 Å². The maximum Gasteiger partial charge on any atom is 0.437 e. The number of para-hydroxylation sites is 1. The van der Waals surface area contributed by atoms with Crippen LogP contribution in [0.15, 0.2) is 77.3 Å². The van der Waals surface area contributed by atoms with Crippen molar-refractivity contribution in [2.24, 2.45) is 0 Å². The Morgan fingerprint density at radius 3 is 2.24 bits per heavy atom. The largest absolute Gasteiger partial charge is 0.437 e. The zero-order chi connectivity index (χ0) is 32.3. The number of nitrogens with zero attached hydrogens (tertiary/aromatic N) is 5. The Kier molecular flexibility index (Phi) is 8.82. The highest BCUT2D eigenvalue weighted by Gasteiger charge is 2.42. The third kappa shape index (κ3) is 6.93. The predicted molar refractivity (Wildman–Crippen MR) is 168 cm³/mol. The number of pyridine rings is 1. The van der Waals surface area contributed by atoms with E-state index >= 15 is 0 Å². The third-order valence-electron chi connectivity index (χ3n) is 8.49. The number of carbonyl (C=O) groups is 2. The van der Waals surface area contributed by atoms with Gasteiger partial charge in [0, 0.05) is 45.0 Å². The number of hydrogen-bond donors (Lipinski definition) is 2. The summed E-state index contributed by atoms with van der Waals surface area (Å²) in [5, 5.41) is 2.46. The first-order valence-electron chi connectivity index (χ1n) is 15.2. The van der Waals surface area contributed by atoms with Crippen molar-refractivity contribution in [2.45, 2.75) is 31.4 Å². The van der Waals surface area contributed by atoms with Gasteiger partial charge in [0.25, 0.3) is 11.9 Å². The zero-order valence-electron chi connectivity index (χ0n) is 25.0. The number of nitrogen functional groups attached to an aromatic ring is 1. The maximum atomic E-state index is 13.9. The lowest BCUT2D eigenvalue weighted by Crippen LogP contribution is -2.49. The molecule has 0 atom stereocenters. The van der Waals surface area contributed by atoms with E-state index in [1.807, 2.05) is 53.4 Å². The standard InChI is InChI=1S/C33H34F3N7O3/c34-33(35,36)30-29(46-32(40-30)43-14-12-23(13-15-43)22-6-2-1-3-7-22)31(45)39-25-10-11-27(38-21-25)41-16-18-42(19-17-41)28(44)20-24-8-4-5-9-26(24)37/h1-11,21,23H,12-20,37H2,(H,39,45). The van der Waals surface area contributed by atoms with E-state index in [0.717, 1.165) is 18.4 Å². The molecule has 0 saturated carbocycles. The Balaban J connectivity index is 1.06. The van der Waals surface area contributed by atoms with E-state index in [2.05, 4.69) is 15.3 Å². The average molecular weight is 634 g/mol. The zero-order valence-corrected chi connectivity index (χ0v) is 25.0. The molecule has 240 valence electrons. The number of oxazole rings is 1. The average Bonchev–Trinajstić information content (AvgIpc) is 3.54. The Labute approximate surface area is 264 Å². The highest BCUT2D eigenvalue weighted by Crippen LogP contribution is 2.36. The van der Waals surface area contributed by atoms with Crippen molar-refractivity contribution in [3.63, 3.8) is 0 Å². The van der Waals surface area contributed by atoms with Gasteiger partial charge in [0.05, 0.1) is 18.3 Å². The number of piperazine rings is 1. The van der Waals surface area contributed by atoms with Crippen molar-refractivity contribution in [1.29, 1.82) is 0 Å². The van der Waals surface area contributed by atoms with E-state index in [1.54, 1.807) is 28.0 Å². The van der Waals surface area contributed by atoms with Gasteiger partial charge in [0.2, 0.25) is 11.7 Å². The Morgan fingerprint density at radius 1 is 0.891 bits per heavy atom. The van der Waals surface area contributed by atoms with Crippen molar-refractivity contribution < 1.29 is 27.2 Å². The molecule has 2 saturated heterocycles. The predicted octanol–water partition coefficient (Wildman–Crippen LogP) is 5.20. The SMILES string of the molecule is Nc1ccccc1CC(=O)N1CCN(c2ccc(NC(=O)c3oc(N4CCC(c5ccccc5)CC4)nc3C(F)(F)F)cn2)CC1. The number of nitrogens with two attached hydrogens (primary N) is 1. The molecule has 2 amide bonds. The Morgan fingerprint density at radius 2 is 1.59 bits per heavy atom. The van der Waals surface area contributed by atoms with Gasteiger partial charge in [-0.2, -0.15) is 18.2 Å². The molecule has 0 unspecified atom stereocenters. The monoisotopic (exact) mass is 633 g/mol. The van der Waals surface area contributed by atoms with Crippen molar-refractivity contribution in [2.75, 3.05) is 60.1 Å². The van der Waals surface area contributed by atoms with Crippen LogP contribution in [-0.2, 0) is 17.4 Å². The van der Waals surface area contributed by atoms with Gasteiger partial charge >= 0.3 is 6.18 Å². The number of rotatable bonds is 7. The number of hydrogen-bond acceptors (Lipinski definition) is 8. The van der Waals surface area contributed by atoms with Gasteiger partial charge in [-0.1, -0.05) is 48.5 Å². The second kappa shape index (κ2) is 13.1. The molecule has 2 fully saturated rings. The van der Waals surface area contributed by atoms with Crippen LogP contribution in [0.1, 0.15) is 46.1 Å². The highest BCUT2D eigenvalue weighted by atomic mass is 19.4. The molecule has 0 aliphatic carbocycles. The number of aromatic nitrogens is 2. The van der Waals surface area contributed by atoms with Gasteiger partial charge in [0.1, 0.15) is 5.82 Å². The first kappa shape index (κ1) is 30.9. The quantitative estimate of drug-likeness (QED) is 0.267. The van der Waals surface area contributed by atoms with Crippen molar-refractivity contribution >= 4 is 35.0 Å². The molecule has 2 aliphatic rings. The minimum atomic E-state index is -4.88. The van der Waals surface area contributed by atoms with Gasteiger partial charge < -0.3 is 30.2 Å². The van der Waals surface area contributed by atoms with Crippen LogP contribution in [0.3, 0.4) is 0 Å². The summed E-state index contributed by atoms with van der Waals surface area (Å²) in [4.78, 5) is 39.3. The summed E-state index contributed by atoms with van der Waals surface area (Å²) in [5.41, 5.74) is 7.39. The summed E-state index contributed by atoms with van der Waals surface area (Å²) in [6.07, 6.45) is -1.82. The lowest BCUT2D eigenvalue weighted by molar-refractivity contribution is -0.141. The minimum absolute atomic E-state index is 0.00552. The fraction of sp³-hybridized carbons (Fsp3) is 0.333. The third-order valence-corrected chi connectivity index (χ3v) is 8.49. The molecule has 0 spiro atoms. The molecule has 46 heavy (non-hydrogen) atoms. The number of nitrogens with one attached hydrogen (secondary N) is 1. The van der Waals surface area contributed by atoms with Crippen LogP contribution < -0.4 is 20.9 Å². The van der Waals surface area contributed by atoms with Crippen LogP contribution in [0.5, 0.6) is 0 Å². The van der Waals surface area contributed by atoms with E-state index in [1.165, 1.54) is 11.8 Å². The molecule has 4 aromatic rings. The van der Waals surface area contributed by atoms with Crippen LogP contribution in [-0.4, -0.2) is 66.0 Å². The summed E-state index contributed by atoms with van der Waals surface area (Å²) in [6, 6.07) is 20.3. The fourth-order valence-corrected chi connectivity index (χ4v) is 5.91. The normalized spacial score (nSPS) is 16.0. The minimum Gasteiger partial charge on any atom is -0.417 e. The highest BCUT2D eigenvalue weighted by molar-refractivity contribution is 6.03.